The van der Waals surface area contributed by atoms with Gasteiger partial charge >= 0.3 is 0 Å². The molecule has 0 aliphatic rings. The highest BCUT2D eigenvalue weighted by Crippen LogP contribution is 2.24. The van der Waals surface area contributed by atoms with Crippen molar-refractivity contribution in [2.75, 3.05) is 13.2 Å². The van der Waals surface area contributed by atoms with Crippen LogP contribution in [0.4, 0.5) is 0 Å². The lowest BCUT2D eigenvalue weighted by Crippen LogP contribution is -2.30. The SMILES string of the molecule is CC(C)NC(=O)c1ccccc1-c1cccc(C(=O)NCCC(O)CO)c1. The van der Waals surface area contributed by atoms with Crippen LogP contribution >= 0.6 is 0 Å². The lowest BCUT2D eigenvalue weighted by atomic mass is 9.97. The van der Waals surface area contributed by atoms with E-state index < -0.39 is 6.10 Å². The van der Waals surface area contributed by atoms with E-state index in [2.05, 4.69) is 10.6 Å². The molecule has 4 N–H and O–H groups in total. The first-order valence-electron chi connectivity index (χ1n) is 8.99. The van der Waals surface area contributed by atoms with Gasteiger partial charge in [-0.25, -0.2) is 0 Å². The summed E-state index contributed by atoms with van der Waals surface area (Å²) in [5.74, 6) is -0.431. The van der Waals surface area contributed by atoms with Crippen molar-refractivity contribution >= 4 is 11.8 Å². The zero-order valence-corrected chi connectivity index (χ0v) is 15.6. The Hall–Kier alpha value is -2.70. The lowest BCUT2D eigenvalue weighted by Gasteiger charge is -2.13. The largest absolute Gasteiger partial charge is 0.394 e. The molecule has 0 bridgehead atoms. The van der Waals surface area contributed by atoms with Crippen LogP contribution in [0.15, 0.2) is 48.5 Å². The summed E-state index contributed by atoms with van der Waals surface area (Å²) in [6, 6.07) is 14.3. The van der Waals surface area contributed by atoms with Gasteiger partial charge in [0.15, 0.2) is 0 Å². The molecule has 144 valence electrons. The molecular weight excluding hydrogens is 344 g/mol. The summed E-state index contributed by atoms with van der Waals surface area (Å²) in [6.07, 6.45) is -0.567. The Balaban J connectivity index is 2.20. The third-order valence-corrected chi connectivity index (χ3v) is 4.00. The zero-order valence-electron chi connectivity index (χ0n) is 15.6. The van der Waals surface area contributed by atoms with Crippen LogP contribution in [0.1, 0.15) is 41.0 Å². The Morgan fingerprint density at radius 2 is 1.78 bits per heavy atom. The Bertz CT molecular complexity index is 789. The van der Waals surface area contributed by atoms with E-state index >= 15 is 0 Å². The maximum Gasteiger partial charge on any atom is 0.252 e. The number of hydrogen-bond acceptors (Lipinski definition) is 4. The summed E-state index contributed by atoms with van der Waals surface area (Å²) in [6.45, 7) is 3.73. The fraction of sp³-hybridized carbons (Fsp3) is 0.333. The third-order valence-electron chi connectivity index (χ3n) is 4.00. The molecule has 6 heteroatoms. The molecule has 0 aliphatic heterocycles. The fourth-order valence-electron chi connectivity index (χ4n) is 2.65. The van der Waals surface area contributed by atoms with Gasteiger partial charge in [0, 0.05) is 23.7 Å². The van der Waals surface area contributed by atoms with Gasteiger partial charge in [-0.05, 0) is 49.6 Å². The fourth-order valence-corrected chi connectivity index (χ4v) is 2.65. The molecule has 0 aliphatic carbocycles. The number of nitrogens with one attached hydrogen (secondary N) is 2. The van der Waals surface area contributed by atoms with Gasteiger partial charge in [-0.15, -0.1) is 0 Å². The van der Waals surface area contributed by atoms with Crippen molar-refractivity contribution in [2.45, 2.75) is 32.4 Å². The van der Waals surface area contributed by atoms with Crippen LogP contribution in [0.2, 0.25) is 0 Å². The van der Waals surface area contributed by atoms with Crippen molar-refractivity contribution in [1.29, 1.82) is 0 Å². The number of carbonyl (C=O) groups is 2. The standard InChI is InChI=1S/C21H26N2O4/c1-14(2)23-21(27)19-9-4-3-8-18(19)15-6-5-7-16(12-15)20(26)22-11-10-17(25)13-24/h3-9,12,14,17,24-25H,10-11,13H2,1-2H3,(H,22,26)(H,23,27). The highest BCUT2D eigenvalue weighted by atomic mass is 16.3. The monoisotopic (exact) mass is 370 g/mol. The highest BCUT2D eigenvalue weighted by molar-refractivity contribution is 6.02. The van der Waals surface area contributed by atoms with E-state index in [1.165, 1.54) is 0 Å². The van der Waals surface area contributed by atoms with Crippen LogP contribution in [-0.4, -0.2) is 47.3 Å². The lowest BCUT2D eigenvalue weighted by molar-refractivity contribution is 0.0834. The molecule has 2 aromatic rings. The van der Waals surface area contributed by atoms with Gasteiger partial charge in [-0.2, -0.15) is 0 Å². The molecule has 2 aromatic carbocycles. The molecule has 27 heavy (non-hydrogen) atoms. The molecule has 0 fully saturated rings. The van der Waals surface area contributed by atoms with Crippen LogP contribution in [0.5, 0.6) is 0 Å². The van der Waals surface area contributed by atoms with Crippen molar-refractivity contribution < 1.29 is 19.8 Å². The van der Waals surface area contributed by atoms with Crippen LogP contribution < -0.4 is 10.6 Å². The number of amides is 2. The molecule has 0 radical (unpaired) electrons. The van der Waals surface area contributed by atoms with E-state index in [0.717, 1.165) is 11.1 Å². The van der Waals surface area contributed by atoms with Crippen LogP contribution in [0.25, 0.3) is 11.1 Å². The summed E-state index contributed by atoms with van der Waals surface area (Å²) in [5, 5.41) is 23.8. The Labute approximate surface area is 159 Å². The van der Waals surface area contributed by atoms with E-state index in [1.54, 1.807) is 24.3 Å². The second kappa shape index (κ2) is 9.85. The van der Waals surface area contributed by atoms with Crippen molar-refractivity contribution in [1.82, 2.24) is 10.6 Å². The van der Waals surface area contributed by atoms with E-state index in [-0.39, 0.29) is 37.4 Å². The number of carbonyl (C=O) groups excluding carboxylic acids is 2. The van der Waals surface area contributed by atoms with Crippen molar-refractivity contribution in [2.24, 2.45) is 0 Å². The number of hydrogen-bond donors (Lipinski definition) is 4. The van der Waals surface area contributed by atoms with Crippen LogP contribution in [0, 0.1) is 0 Å². The molecule has 1 unspecified atom stereocenters. The summed E-state index contributed by atoms with van der Waals surface area (Å²) < 4.78 is 0. The van der Waals surface area contributed by atoms with Crippen LogP contribution in [-0.2, 0) is 0 Å². The van der Waals surface area contributed by atoms with Crippen molar-refractivity contribution in [3.8, 4) is 11.1 Å². The molecule has 0 saturated carbocycles. The third kappa shape index (κ3) is 5.91. The maximum absolute atomic E-state index is 12.5. The smallest absolute Gasteiger partial charge is 0.252 e. The van der Waals surface area contributed by atoms with Crippen molar-refractivity contribution in [3.05, 3.63) is 59.7 Å². The highest BCUT2D eigenvalue weighted by Gasteiger charge is 2.14. The van der Waals surface area contributed by atoms with Gasteiger partial charge in [0.1, 0.15) is 0 Å². The maximum atomic E-state index is 12.5. The summed E-state index contributed by atoms with van der Waals surface area (Å²) in [5.41, 5.74) is 2.54. The Morgan fingerprint density at radius 3 is 2.48 bits per heavy atom. The molecular formula is C21H26N2O4. The minimum Gasteiger partial charge on any atom is -0.394 e. The molecule has 6 nitrogen and oxygen atoms in total. The Morgan fingerprint density at radius 1 is 1.04 bits per heavy atom. The topological polar surface area (TPSA) is 98.7 Å². The van der Waals surface area contributed by atoms with E-state index in [0.29, 0.717) is 11.1 Å². The first kappa shape index (κ1) is 20.6. The first-order chi connectivity index (χ1) is 12.9. The second-order valence-electron chi connectivity index (χ2n) is 6.64. The van der Waals surface area contributed by atoms with E-state index in [4.69, 9.17) is 5.11 Å². The van der Waals surface area contributed by atoms with Gasteiger partial charge in [-0.3, -0.25) is 9.59 Å². The molecule has 0 saturated heterocycles. The predicted molar refractivity (Wildman–Crippen MR) is 105 cm³/mol. The average Bonchev–Trinajstić information content (AvgIpc) is 2.67. The minimum absolute atomic E-state index is 0.0249. The first-order valence-corrected chi connectivity index (χ1v) is 8.99. The predicted octanol–water partition coefficient (Wildman–Crippen LogP) is 1.96. The quantitative estimate of drug-likeness (QED) is 0.571. The van der Waals surface area contributed by atoms with Crippen molar-refractivity contribution in [3.63, 3.8) is 0 Å². The van der Waals surface area contributed by atoms with Gasteiger partial charge < -0.3 is 20.8 Å². The minimum atomic E-state index is -0.844. The van der Waals surface area contributed by atoms with E-state index in [1.807, 2.05) is 38.1 Å². The van der Waals surface area contributed by atoms with Gasteiger partial charge in [0.25, 0.3) is 11.8 Å². The Kier molecular flexibility index (Phi) is 7.52. The second-order valence-corrected chi connectivity index (χ2v) is 6.64. The molecule has 2 amide bonds. The molecule has 0 heterocycles. The average molecular weight is 370 g/mol. The molecule has 0 aromatic heterocycles. The van der Waals surface area contributed by atoms with Crippen LogP contribution in [0.3, 0.4) is 0 Å². The molecule has 0 spiro atoms. The zero-order chi connectivity index (χ0) is 19.8. The van der Waals surface area contributed by atoms with Gasteiger partial charge in [-0.1, -0.05) is 30.3 Å². The number of rotatable bonds is 8. The number of benzene rings is 2. The number of aliphatic hydroxyl groups is 2. The van der Waals surface area contributed by atoms with Gasteiger partial charge in [0.2, 0.25) is 0 Å². The van der Waals surface area contributed by atoms with Gasteiger partial charge in [0.05, 0.1) is 12.7 Å². The van der Waals surface area contributed by atoms with E-state index in [9.17, 15) is 14.7 Å². The normalized spacial score (nSPS) is 11.9. The molecule has 2 rings (SSSR count). The summed E-state index contributed by atoms with van der Waals surface area (Å²) in [7, 11) is 0. The number of aliphatic hydroxyl groups excluding tert-OH is 2. The molecule has 1 atom stereocenters. The summed E-state index contributed by atoms with van der Waals surface area (Å²) in [4.78, 5) is 24.8. The summed E-state index contributed by atoms with van der Waals surface area (Å²) >= 11 is 0.